The Bertz CT molecular complexity index is 1030. The normalized spacial score (nSPS) is 10.8. The van der Waals surface area contributed by atoms with Crippen molar-refractivity contribution in [2.45, 2.75) is 20.5 Å². The molecular weight excluding hydrogens is 444 g/mol. The van der Waals surface area contributed by atoms with Crippen molar-refractivity contribution in [1.82, 2.24) is 0 Å². The molecule has 0 radical (unpaired) electrons. The average molecular weight is 467 g/mol. The van der Waals surface area contributed by atoms with Gasteiger partial charge in [-0.15, -0.1) is 0 Å². The third-order valence-electron chi connectivity index (χ3n) is 4.46. The predicted molar refractivity (Wildman–Crippen MR) is 122 cm³/mol. The van der Waals surface area contributed by atoms with Crippen molar-refractivity contribution >= 4 is 28.0 Å². The van der Waals surface area contributed by atoms with Crippen LogP contribution in [0.4, 0.5) is 0 Å². The third-order valence-corrected chi connectivity index (χ3v) is 4.92. The van der Waals surface area contributed by atoms with Crippen LogP contribution in [0.15, 0.2) is 71.2 Å². The fourth-order valence-corrected chi connectivity index (χ4v) is 3.69. The minimum atomic E-state index is -0.438. The van der Waals surface area contributed by atoms with Crippen LogP contribution in [0.5, 0.6) is 17.2 Å². The molecule has 0 spiro atoms. The molecule has 3 aromatic rings. The first-order valence-electron chi connectivity index (χ1n) is 9.47. The summed E-state index contributed by atoms with van der Waals surface area (Å²) in [5.41, 5.74) is 3.67. The van der Waals surface area contributed by atoms with Crippen LogP contribution in [-0.2, 0) is 11.4 Å². The van der Waals surface area contributed by atoms with Crippen LogP contribution in [0.3, 0.4) is 0 Å². The highest BCUT2D eigenvalue weighted by Gasteiger charge is 2.10. The molecular formula is C25H23BrO4. The highest BCUT2D eigenvalue weighted by Crippen LogP contribution is 2.30. The number of ether oxygens (including phenoxy) is 3. The number of aryl methyl sites for hydroxylation is 2. The molecule has 0 unspecified atom stereocenters. The minimum absolute atomic E-state index is 0.438. The predicted octanol–water partition coefficient (Wildman–Crippen LogP) is 6.27. The Kier molecular flexibility index (Phi) is 7.31. The van der Waals surface area contributed by atoms with Gasteiger partial charge < -0.3 is 14.2 Å². The number of carbonyl (C=O) groups is 1. The lowest BCUT2D eigenvalue weighted by molar-refractivity contribution is -0.129. The van der Waals surface area contributed by atoms with Gasteiger partial charge in [-0.2, -0.15) is 0 Å². The Labute approximate surface area is 185 Å². The second kappa shape index (κ2) is 10.1. The maximum atomic E-state index is 12.3. The van der Waals surface area contributed by atoms with E-state index in [1.807, 2.05) is 74.5 Å². The number of benzene rings is 3. The van der Waals surface area contributed by atoms with E-state index in [1.165, 1.54) is 6.08 Å². The first kappa shape index (κ1) is 21.7. The number of esters is 1. The summed E-state index contributed by atoms with van der Waals surface area (Å²) in [6, 6.07) is 19.3. The molecule has 4 nitrogen and oxygen atoms in total. The lowest BCUT2D eigenvalue weighted by atomic mass is 10.1. The molecule has 0 atom stereocenters. The monoisotopic (exact) mass is 466 g/mol. The topological polar surface area (TPSA) is 44.8 Å². The molecule has 0 fully saturated rings. The summed E-state index contributed by atoms with van der Waals surface area (Å²) in [4.78, 5) is 12.3. The van der Waals surface area contributed by atoms with Gasteiger partial charge in [0.25, 0.3) is 0 Å². The van der Waals surface area contributed by atoms with Crippen LogP contribution in [0, 0.1) is 13.8 Å². The van der Waals surface area contributed by atoms with Crippen LogP contribution >= 0.6 is 15.9 Å². The molecule has 0 aromatic heterocycles. The highest BCUT2D eigenvalue weighted by atomic mass is 79.9. The molecule has 0 bridgehead atoms. The molecule has 0 aliphatic carbocycles. The quantitative estimate of drug-likeness (QED) is 0.233. The van der Waals surface area contributed by atoms with Crippen molar-refractivity contribution < 1.29 is 19.0 Å². The maximum absolute atomic E-state index is 12.3. The summed E-state index contributed by atoms with van der Waals surface area (Å²) in [6.45, 7) is 4.26. The van der Waals surface area contributed by atoms with E-state index in [-0.39, 0.29) is 0 Å². The van der Waals surface area contributed by atoms with Crippen LogP contribution in [-0.4, -0.2) is 13.1 Å². The molecule has 3 rings (SSSR count). The van der Waals surface area contributed by atoms with Crippen molar-refractivity contribution in [2.24, 2.45) is 0 Å². The van der Waals surface area contributed by atoms with E-state index in [1.54, 1.807) is 13.2 Å². The number of hydrogen-bond donors (Lipinski definition) is 0. The molecule has 154 valence electrons. The van der Waals surface area contributed by atoms with E-state index in [4.69, 9.17) is 14.2 Å². The molecule has 30 heavy (non-hydrogen) atoms. The Morgan fingerprint density at radius 3 is 2.33 bits per heavy atom. The number of carbonyl (C=O) groups excluding carboxylic acids is 1. The van der Waals surface area contributed by atoms with Gasteiger partial charge in [0.1, 0.15) is 12.4 Å². The van der Waals surface area contributed by atoms with Gasteiger partial charge in [0.05, 0.1) is 7.11 Å². The lowest BCUT2D eigenvalue weighted by Gasteiger charge is -2.11. The standard InChI is InChI=1S/C25H23BrO4/c1-17-13-21(26)14-18(2)25(17)30-24(27)12-10-19-9-11-22(23(15-19)28-3)29-16-20-7-5-4-6-8-20/h4-15H,16H2,1-3H3/b12-10+. The van der Waals surface area contributed by atoms with Gasteiger partial charge in [0.2, 0.25) is 0 Å². The summed E-state index contributed by atoms with van der Waals surface area (Å²) in [6.07, 6.45) is 3.09. The Morgan fingerprint density at radius 2 is 1.67 bits per heavy atom. The zero-order chi connectivity index (χ0) is 21.5. The summed E-state index contributed by atoms with van der Waals surface area (Å²) in [5, 5.41) is 0. The third kappa shape index (κ3) is 5.74. The molecule has 0 saturated heterocycles. The van der Waals surface area contributed by atoms with Gasteiger partial charge in [-0.05, 0) is 66.4 Å². The second-order valence-corrected chi connectivity index (χ2v) is 7.72. The van der Waals surface area contributed by atoms with Gasteiger partial charge in [-0.3, -0.25) is 0 Å². The molecule has 0 amide bonds. The van der Waals surface area contributed by atoms with Gasteiger partial charge in [-0.25, -0.2) is 4.79 Å². The smallest absolute Gasteiger partial charge is 0.336 e. The zero-order valence-corrected chi connectivity index (χ0v) is 18.7. The number of rotatable bonds is 7. The molecule has 0 N–H and O–H groups in total. The van der Waals surface area contributed by atoms with E-state index in [9.17, 15) is 4.79 Å². The van der Waals surface area contributed by atoms with E-state index < -0.39 is 5.97 Å². The van der Waals surface area contributed by atoms with Crippen molar-refractivity contribution in [1.29, 1.82) is 0 Å². The van der Waals surface area contributed by atoms with Crippen LogP contribution in [0.1, 0.15) is 22.3 Å². The van der Waals surface area contributed by atoms with Crippen LogP contribution in [0.2, 0.25) is 0 Å². The summed E-state index contributed by atoms with van der Waals surface area (Å²) < 4.78 is 17.8. The Morgan fingerprint density at radius 1 is 0.967 bits per heavy atom. The van der Waals surface area contributed by atoms with E-state index >= 15 is 0 Å². The Hall–Kier alpha value is -3.05. The number of methoxy groups -OCH3 is 1. The fourth-order valence-electron chi connectivity index (χ4n) is 3.00. The molecule has 0 aliphatic heterocycles. The van der Waals surface area contributed by atoms with Crippen molar-refractivity contribution in [3.05, 3.63) is 93.5 Å². The van der Waals surface area contributed by atoms with Crippen LogP contribution < -0.4 is 14.2 Å². The van der Waals surface area contributed by atoms with E-state index in [2.05, 4.69) is 15.9 Å². The number of hydrogen-bond acceptors (Lipinski definition) is 4. The van der Waals surface area contributed by atoms with Crippen molar-refractivity contribution in [2.75, 3.05) is 7.11 Å². The minimum Gasteiger partial charge on any atom is -0.493 e. The number of halogens is 1. The SMILES string of the molecule is COc1cc(/C=C/C(=O)Oc2c(C)cc(Br)cc2C)ccc1OCc1ccccc1. The summed E-state index contributed by atoms with van der Waals surface area (Å²) in [7, 11) is 1.59. The second-order valence-electron chi connectivity index (χ2n) is 6.81. The zero-order valence-electron chi connectivity index (χ0n) is 17.1. The first-order chi connectivity index (χ1) is 14.5. The molecule has 0 saturated carbocycles. The Balaban J connectivity index is 1.67. The van der Waals surface area contributed by atoms with Crippen LogP contribution in [0.25, 0.3) is 6.08 Å². The van der Waals surface area contributed by atoms with E-state index in [0.29, 0.717) is 23.9 Å². The fraction of sp³-hybridized carbons (Fsp3) is 0.160. The van der Waals surface area contributed by atoms with Crippen molar-refractivity contribution in [3.63, 3.8) is 0 Å². The van der Waals surface area contributed by atoms with Crippen molar-refractivity contribution in [3.8, 4) is 17.2 Å². The van der Waals surface area contributed by atoms with E-state index in [0.717, 1.165) is 26.7 Å². The largest absolute Gasteiger partial charge is 0.493 e. The average Bonchev–Trinajstić information content (AvgIpc) is 2.74. The molecule has 0 heterocycles. The van der Waals surface area contributed by atoms with Gasteiger partial charge in [0.15, 0.2) is 11.5 Å². The molecule has 3 aromatic carbocycles. The maximum Gasteiger partial charge on any atom is 0.336 e. The van der Waals surface area contributed by atoms with Gasteiger partial charge >= 0.3 is 5.97 Å². The summed E-state index contributed by atoms with van der Waals surface area (Å²) >= 11 is 3.44. The summed E-state index contributed by atoms with van der Waals surface area (Å²) in [5.74, 6) is 1.38. The first-order valence-corrected chi connectivity index (χ1v) is 10.3. The molecule has 5 heteroatoms. The molecule has 0 aliphatic rings. The van der Waals surface area contributed by atoms with Gasteiger partial charge in [0, 0.05) is 10.5 Å². The lowest BCUT2D eigenvalue weighted by Crippen LogP contribution is -2.06. The highest BCUT2D eigenvalue weighted by molar-refractivity contribution is 9.10. The van der Waals surface area contributed by atoms with Gasteiger partial charge in [-0.1, -0.05) is 52.3 Å².